The Hall–Kier alpha value is -2.60. The Balaban J connectivity index is 1.80. The number of benzene rings is 1. The van der Waals surface area contributed by atoms with Gasteiger partial charge in [-0.25, -0.2) is 9.97 Å². The van der Waals surface area contributed by atoms with Gasteiger partial charge < -0.3 is 0 Å². The smallest absolute Gasteiger partial charge is 0.188 e. The minimum absolute atomic E-state index is 0.484. The maximum atomic E-state index is 4.72. The summed E-state index contributed by atoms with van der Waals surface area (Å²) in [5.41, 5.74) is 4.17. The Bertz CT molecular complexity index is 888. The molecular formula is C20H19N3. The summed E-state index contributed by atoms with van der Waals surface area (Å²) in [7, 11) is 0. The van der Waals surface area contributed by atoms with Crippen LogP contribution >= 0.6 is 0 Å². The maximum Gasteiger partial charge on any atom is 0.188 e. The molecule has 1 aromatic carbocycles. The molecule has 2 heterocycles. The standard InChI is InChI=1S/C20H19N3/c1-15-8-10-16(11-9-15)12-13-19-22-18-7-4-14-21-20(18)23(19)17-5-2-3-6-17/h4,7-11,14,17H,2-3,5-6H2,1H3. The van der Waals surface area contributed by atoms with E-state index in [9.17, 15) is 0 Å². The van der Waals surface area contributed by atoms with Crippen LogP contribution in [0.25, 0.3) is 11.2 Å². The van der Waals surface area contributed by atoms with E-state index in [1.54, 1.807) is 0 Å². The van der Waals surface area contributed by atoms with Crippen molar-refractivity contribution in [2.75, 3.05) is 0 Å². The van der Waals surface area contributed by atoms with Gasteiger partial charge in [-0.1, -0.05) is 36.5 Å². The Morgan fingerprint density at radius 2 is 1.83 bits per heavy atom. The molecule has 0 spiro atoms. The molecule has 3 nitrogen and oxygen atoms in total. The Labute approximate surface area is 136 Å². The highest BCUT2D eigenvalue weighted by atomic mass is 15.1. The van der Waals surface area contributed by atoms with E-state index in [0.717, 1.165) is 22.6 Å². The van der Waals surface area contributed by atoms with Crippen molar-refractivity contribution in [2.45, 2.75) is 38.6 Å². The lowest BCUT2D eigenvalue weighted by atomic mass is 10.1. The summed E-state index contributed by atoms with van der Waals surface area (Å²) in [5, 5.41) is 0. The average Bonchev–Trinajstić information content (AvgIpc) is 3.21. The second-order valence-corrected chi connectivity index (χ2v) is 6.21. The number of hydrogen-bond donors (Lipinski definition) is 0. The molecule has 1 aliphatic carbocycles. The zero-order chi connectivity index (χ0) is 15.6. The monoisotopic (exact) mass is 301 g/mol. The summed E-state index contributed by atoms with van der Waals surface area (Å²) in [5.74, 6) is 7.37. The molecule has 4 rings (SSSR count). The third kappa shape index (κ3) is 2.73. The van der Waals surface area contributed by atoms with Gasteiger partial charge in [0, 0.05) is 17.8 Å². The molecule has 0 bridgehead atoms. The largest absolute Gasteiger partial charge is 0.299 e. The van der Waals surface area contributed by atoms with E-state index in [0.29, 0.717) is 6.04 Å². The second kappa shape index (κ2) is 5.89. The molecule has 23 heavy (non-hydrogen) atoms. The first kappa shape index (κ1) is 14.0. The topological polar surface area (TPSA) is 30.7 Å². The molecule has 1 fully saturated rings. The minimum atomic E-state index is 0.484. The van der Waals surface area contributed by atoms with Crippen molar-refractivity contribution in [3.8, 4) is 11.8 Å². The van der Waals surface area contributed by atoms with Gasteiger partial charge >= 0.3 is 0 Å². The van der Waals surface area contributed by atoms with Crippen LogP contribution in [0.15, 0.2) is 42.6 Å². The lowest BCUT2D eigenvalue weighted by Crippen LogP contribution is -2.08. The lowest BCUT2D eigenvalue weighted by molar-refractivity contribution is 0.524. The highest BCUT2D eigenvalue weighted by Gasteiger charge is 2.22. The fraction of sp³-hybridized carbons (Fsp3) is 0.300. The fourth-order valence-corrected chi connectivity index (χ4v) is 3.29. The number of aryl methyl sites for hydroxylation is 1. The summed E-state index contributed by atoms with van der Waals surface area (Å²) in [4.78, 5) is 9.26. The third-order valence-corrected chi connectivity index (χ3v) is 4.51. The summed E-state index contributed by atoms with van der Waals surface area (Å²) in [6.07, 6.45) is 6.79. The molecule has 0 amide bonds. The minimum Gasteiger partial charge on any atom is -0.299 e. The van der Waals surface area contributed by atoms with Crippen LogP contribution in [0, 0.1) is 18.8 Å². The van der Waals surface area contributed by atoms with Gasteiger partial charge in [-0.2, -0.15) is 0 Å². The van der Waals surface area contributed by atoms with Crippen LogP contribution in [0.5, 0.6) is 0 Å². The number of rotatable bonds is 1. The molecule has 114 valence electrons. The van der Waals surface area contributed by atoms with Crippen molar-refractivity contribution in [3.05, 3.63) is 59.5 Å². The third-order valence-electron chi connectivity index (χ3n) is 4.51. The predicted octanol–water partition coefficient (Wildman–Crippen LogP) is 4.25. The van der Waals surface area contributed by atoms with E-state index in [2.05, 4.69) is 52.6 Å². The van der Waals surface area contributed by atoms with E-state index in [1.165, 1.54) is 31.2 Å². The van der Waals surface area contributed by atoms with Gasteiger partial charge in [0.1, 0.15) is 5.52 Å². The molecule has 0 saturated heterocycles. The van der Waals surface area contributed by atoms with Crippen LogP contribution in [0.2, 0.25) is 0 Å². The van der Waals surface area contributed by atoms with Gasteiger partial charge in [0.2, 0.25) is 0 Å². The van der Waals surface area contributed by atoms with Crippen LogP contribution in [0.3, 0.4) is 0 Å². The zero-order valence-corrected chi connectivity index (χ0v) is 13.3. The quantitative estimate of drug-likeness (QED) is 0.629. The summed E-state index contributed by atoms with van der Waals surface area (Å²) < 4.78 is 2.25. The van der Waals surface area contributed by atoms with E-state index in [4.69, 9.17) is 4.98 Å². The highest BCUT2D eigenvalue weighted by Crippen LogP contribution is 2.32. The number of imidazole rings is 1. The number of fused-ring (bicyclic) bond motifs is 1. The molecule has 1 saturated carbocycles. The Kier molecular flexibility index (Phi) is 3.59. The van der Waals surface area contributed by atoms with E-state index >= 15 is 0 Å². The van der Waals surface area contributed by atoms with Crippen molar-refractivity contribution >= 4 is 11.2 Å². The number of pyridine rings is 1. The maximum absolute atomic E-state index is 4.72. The van der Waals surface area contributed by atoms with Crippen molar-refractivity contribution in [3.63, 3.8) is 0 Å². The zero-order valence-electron chi connectivity index (χ0n) is 13.3. The van der Waals surface area contributed by atoms with Crippen LogP contribution in [-0.4, -0.2) is 14.5 Å². The molecule has 0 aliphatic heterocycles. The van der Waals surface area contributed by atoms with Crippen LogP contribution in [0.1, 0.15) is 48.7 Å². The van der Waals surface area contributed by atoms with E-state index in [-0.39, 0.29) is 0 Å². The summed E-state index contributed by atoms with van der Waals surface area (Å²) in [6, 6.07) is 12.7. The molecule has 0 N–H and O–H groups in total. The van der Waals surface area contributed by atoms with Gasteiger partial charge in [-0.3, -0.25) is 4.57 Å². The lowest BCUT2D eigenvalue weighted by Gasteiger charge is -2.13. The fourth-order valence-electron chi connectivity index (χ4n) is 3.29. The van der Waals surface area contributed by atoms with Crippen molar-refractivity contribution in [1.82, 2.24) is 14.5 Å². The van der Waals surface area contributed by atoms with Gasteiger partial charge in [0.25, 0.3) is 0 Å². The SMILES string of the molecule is Cc1ccc(C#Cc2nc3cccnc3n2C2CCCC2)cc1. The molecule has 2 aromatic heterocycles. The Morgan fingerprint density at radius 3 is 2.61 bits per heavy atom. The van der Waals surface area contributed by atoms with Crippen molar-refractivity contribution < 1.29 is 0 Å². The molecule has 3 aromatic rings. The van der Waals surface area contributed by atoms with Gasteiger partial charge in [-0.05, 0) is 50.0 Å². The van der Waals surface area contributed by atoms with Gasteiger partial charge in [0.15, 0.2) is 11.5 Å². The Morgan fingerprint density at radius 1 is 1.04 bits per heavy atom. The van der Waals surface area contributed by atoms with Gasteiger partial charge in [0.05, 0.1) is 0 Å². The molecule has 1 aliphatic rings. The van der Waals surface area contributed by atoms with Crippen molar-refractivity contribution in [2.24, 2.45) is 0 Å². The number of nitrogens with zero attached hydrogens (tertiary/aromatic N) is 3. The second-order valence-electron chi connectivity index (χ2n) is 6.21. The molecular weight excluding hydrogens is 282 g/mol. The number of aromatic nitrogens is 3. The predicted molar refractivity (Wildman–Crippen MR) is 92.2 cm³/mol. The molecule has 3 heteroatoms. The normalized spacial score (nSPS) is 14.8. The van der Waals surface area contributed by atoms with Gasteiger partial charge in [-0.15, -0.1) is 0 Å². The average molecular weight is 301 g/mol. The van der Waals surface area contributed by atoms with Crippen molar-refractivity contribution in [1.29, 1.82) is 0 Å². The van der Waals surface area contributed by atoms with Crippen LogP contribution in [0.4, 0.5) is 0 Å². The first-order valence-electron chi connectivity index (χ1n) is 8.23. The molecule has 0 unspecified atom stereocenters. The summed E-state index contributed by atoms with van der Waals surface area (Å²) >= 11 is 0. The summed E-state index contributed by atoms with van der Waals surface area (Å²) in [6.45, 7) is 2.09. The van der Waals surface area contributed by atoms with E-state index < -0.39 is 0 Å². The first-order valence-corrected chi connectivity index (χ1v) is 8.23. The first-order chi connectivity index (χ1) is 11.3. The van der Waals surface area contributed by atoms with E-state index in [1.807, 2.05) is 18.3 Å². The molecule has 0 atom stereocenters. The molecule has 0 radical (unpaired) electrons. The van der Waals surface area contributed by atoms with Crippen LogP contribution in [-0.2, 0) is 0 Å². The van der Waals surface area contributed by atoms with Crippen LogP contribution < -0.4 is 0 Å². The highest BCUT2D eigenvalue weighted by molar-refractivity contribution is 5.72. The number of hydrogen-bond acceptors (Lipinski definition) is 2.